The van der Waals surface area contributed by atoms with Crippen molar-refractivity contribution in [2.75, 3.05) is 26.3 Å². The van der Waals surface area contributed by atoms with Crippen LogP contribution in [0.3, 0.4) is 0 Å². The zero-order valence-electron chi connectivity index (χ0n) is 10.0. The van der Waals surface area contributed by atoms with E-state index in [-0.39, 0.29) is 28.5 Å². The summed E-state index contributed by atoms with van der Waals surface area (Å²) in [5, 5.41) is 8.22. The van der Waals surface area contributed by atoms with Crippen molar-refractivity contribution in [1.29, 1.82) is 0 Å². The van der Waals surface area contributed by atoms with Crippen LogP contribution in [0.1, 0.15) is 0 Å². The number of nitrogens with zero attached hydrogens (tertiary/aromatic N) is 1. The number of hydrogen-bond acceptors (Lipinski definition) is 6. The van der Waals surface area contributed by atoms with E-state index in [1.165, 1.54) is 6.07 Å². The third-order valence-electron chi connectivity index (χ3n) is 2.52. The summed E-state index contributed by atoms with van der Waals surface area (Å²) in [5.74, 6) is 0.156. The number of rotatable bonds is 4. The zero-order chi connectivity index (χ0) is 13.9. The van der Waals surface area contributed by atoms with Crippen LogP contribution in [0, 0.1) is 0 Å². The molecule has 1 aliphatic heterocycles. The average molecular weight is 308 g/mol. The van der Waals surface area contributed by atoms with E-state index >= 15 is 0 Å². The van der Waals surface area contributed by atoms with Crippen LogP contribution in [-0.2, 0) is 14.8 Å². The lowest BCUT2D eigenvalue weighted by Gasteiger charge is -2.23. The van der Waals surface area contributed by atoms with Gasteiger partial charge in [0, 0.05) is 13.1 Å². The Hall–Kier alpha value is -0.930. The monoisotopic (exact) mass is 307 g/mol. The van der Waals surface area contributed by atoms with Crippen LogP contribution in [0.4, 0.5) is 0 Å². The van der Waals surface area contributed by atoms with Crippen molar-refractivity contribution in [2.24, 2.45) is 5.14 Å². The number of hydrogen-bond donors (Lipinski definition) is 2. The Kier molecular flexibility index (Phi) is 4.58. The maximum Gasteiger partial charge on any atom is 0.239 e. The highest BCUT2D eigenvalue weighted by Gasteiger charge is 2.16. The molecule has 0 bridgehead atoms. The first-order valence-corrected chi connectivity index (χ1v) is 7.53. The first-order chi connectivity index (χ1) is 8.97. The Balaban J connectivity index is 2.01. The van der Waals surface area contributed by atoms with Crippen LogP contribution in [0.5, 0.6) is 5.88 Å². The second-order valence-electron chi connectivity index (χ2n) is 4.01. The molecule has 3 N–H and O–H groups in total. The molecule has 0 spiro atoms. The van der Waals surface area contributed by atoms with Gasteiger partial charge in [0.1, 0.15) is 22.6 Å². The molecule has 1 atom stereocenters. The molecular formula is C10H14ClN3O4S. The molecule has 0 saturated carbocycles. The lowest BCUT2D eigenvalue weighted by Crippen LogP contribution is -2.41. The Labute approximate surface area is 116 Å². The van der Waals surface area contributed by atoms with E-state index in [4.69, 9.17) is 26.2 Å². The maximum atomic E-state index is 11.1. The molecule has 1 aromatic heterocycles. The first-order valence-electron chi connectivity index (χ1n) is 5.60. The average Bonchev–Trinajstić information content (AvgIpc) is 2.37. The maximum absolute atomic E-state index is 11.1. The number of halogens is 1. The molecule has 0 amide bonds. The number of pyridine rings is 1. The summed E-state index contributed by atoms with van der Waals surface area (Å²) in [6.45, 7) is 2.42. The summed E-state index contributed by atoms with van der Waals surface area (Å²) in [6.07, 6.45) is 1.03. The van der Waals surface area contributed by atoms with Crippen molar-refractivity contribution in [3.63, 3.8) is 0 Å². The summed E-state index contributed by atoms with van der Waals surface area (Å²) < 4.78 is 33.1. The molecule has 0 aliphatic carbocycles. The molecule has 1 fully saturated rings. The van der Waals surface area contributed by atoms with E-state index in [9.17, 15) is 8.42 Å². The molecule has 0 radical (unpaired) electrons. The van der Waals surface area contributed by atoms with Gasteiger partial charge in [-0.05, 0) is 6.07 Å². The lowest BCUT2D eigenvalue weighted by molar-refractivity contribution is -0.000734. The number of nitrogens with one attached hydrogen (secondary N) is 1. The predicted molar refractivity (Wildman–Crippen MR) is 68.7 cm³/mol. The van der Waals surface area contributed by atoms with Gasteiger partial charge in [-0.15, -0.1) is 0 Å². The molecule has 2 rings (SSSR count). The molecule has 9 heteroatoms. The number of primary sulfonamides is 1. The molecule has 19 heavy (non-hydrogen) atoms. The molecule has 1 aromatic rings. The fraction of sp³-hybridized carbons (Fsp3) is 0.500. The normalized spacial score (nSPS) is 20.2. The molecule has 1 saturated heterocycles. The van der Waals surface area contributed by atoms with Gasteiger partial charge in [-0.3, -0.25) is 0 Å². The molecule has 7 nitrogen and oxygen atoms in total. The SMILES string of the molecule is NS(=O)(=O)c1cnc(OC[C@@H]2CNCCO2)c(Cl)c1. The van der Waals surface area contributed by atoms with Crippen molar-refractivity contribution >= 4 is 21.6 Å². The summed E-state index contributed by atoms with van der Waals surface area (Å²) in [7, 11) is -3.81. The van der Waals surface area contributed by atoms with E-state index < -0.39 is 10.0 Å². The van der Waals surface area contributed by atoms with E-state index in [0.29, 0.717) is 13.2 Å². The van der Waals surface area contributed by atoms with Gasteiger partial charge < -0.3 is 14.8 Å². The van der Waals surface area contributed by atoms with E-state index in [1.54, 1.807) is 0 Å². The molecule has 2 heterocycles. The first kappa shape index (κ1) is 14.5. The molecule has 0 aromatic carbocycles. The van der Waals surface area contributed by atoms with Gasteiger partial charge in [0.15, 0.2) is 0 Å². The quantitative estimate of drug-likeness (QED) is 0.795. The van der Waals surface area contributed by atoms with Crippen LogP contribution in [0.25, 0.3) is 0 Å². The molecule has 1 aliphatic rings. The van der Waals surface area contributed by atoms with E-state index in [2.05, 4.69) is 10.3 Å². The Bertz CT molecular complexity index is 546. The summed E-state index contributed by atoms with van der Waals surface area (Å²) in [6, 6.07) is 1.21. The van der Waals surface area contributed by atoms with E-state index in [0.717, 1.165) is 12.7 Å². The largest absolute Gasteiger partial charge is 0.474 e. The third kappa shape index (κ3) is 4.02. The standard InChI is InChI=1S/C10H14ClN3O4S/c11-9-3-8(19(12,15)16)5-14-10(9)18-6-7-4-13-1-2-17-7/h3,5,7,13H,1-2,4,6H2,(H2,12,15,16)/t7-/m0/s1. The minimum Gasteiger partial charge on any atom is -0.474 e. The Morgan fingerprint density at radius 3 is 3.00 bits per heavy atom. The van der Waals surface area contributed by atoms with Crippen LogP contribution < -0.4 is 15.2 Å². The number of sulfonamides is 1. The highest BCUT2D eigenvalue weighted by Crippen LogP contribution is 2.24. The van der Waals surface area contributed by atoms with Gasteiger partial charge in [0.2, 0.25) is 15.9 Å². The fourth-order valence-corrected chi connectivity index (χ4v) is 2.34. The van der Waals surface area contributed by atoms with Gasteiger partial charge in [0.25, 0.3) is 0 Å². The Morgan fingerprint density at radius 2 is 2.42 bits per heavy atom. The number of ether oxygens (including phenoxy) is 2. The predicted octanol–water partition coefficient (Wildman–Crippen LogP) is -0.250. The number of morpholine rings is 1. The van der Waals surface area contributed by atoms with Gasteiger partial charge in [0.05, 0.1) is 12.8 Å². The molecule has 106 valence electrons. The van der Waals surface area contributed by atoms with Gasteiger partial charge in [-0.1, -0.05) is 11.6 Å². The third-order valence-corrected chi connectivity index (χ3v) is 3.67. The topological polar surface area (TPSA) is 104 Å². The van der Waals surface area contributed by atoms with Gasteiger partial charge in [-0.2, -0.15) is 0 Å². The van der Waals surface area contributed by atoms with Crippen molar-refractivity contribution in [3.8, 4) is 5.88 Å². The zero-order valence-corrected chi connectivity index (χ0v) is 11.6. The van der Waals surface area contributed by atoms with Crippen molar-refractivity contribution in [2.45, 2.75) is 11.0 Å². The highest BCUT2D eigenvalue weighted by molar-refractivity contribution is 7.89. The minimum absolute atomic E-state index is 0.0791. The summed E-state index contributed by atoms with van der Waals surface area (Å²) >= 11 is 5.89. The summed E-state index contributed by atoms with van der Waals surface area (Å²) in [4.78, 5) is 3.69. The number of nitrogens with two attached hydrogens (primary N) is 1. The smallest absolute Gasteiger partial charge is 0.239 e. The van der Waals surface area contributed by atoms with Crippen LogP contribution in [0.2, 0.25) is 5.02 Å². The van der Waals surface area contributed by atoms with Crippen molar-refractivity contribution in [1.82, 2.24) is 10.3 Å². The Morgan fingerprint density at radius 1 is 1.63 bits per heavy atom. The van der Waals surface area contributed by atoms with Gasteiger partial charge >= 0.3 is 0 Å². The lowest BCUT2D eigenvalue weighted by atomic mass is 10.3. The van der Waals surface area contributed by atoms with Crippen molar-refractivity contribution < 1.29 is 17.9 Å². The van der Waals surface area contributed by atoms with Crippen LogP contribution in [-0.4, -0.2) is 45.8 Å². The van der Waals surface area contributed by atoms with E-state index in [1.807, 2.05) is 0 Å². The van der Waals surface area contributed by atoms with Crippen LogP contribution >= 0.6 is 11.6 Å². The highest BCUT2D eigenvalue weighted by atomic mass is 35.5. The van der Waals surface area contributed by atoms with Crippen molar-refractivity contribution in [3.05, 3.63) is 17.3 Å². The summed E-state index contributed by atoms with van der Waals surface area (Å²) in [5.41, 5.74) is 0. The second-order valence-corrected chi connectivity index (χ2v) is 5.98. The number of aromatic nitrogens is 1. The minimum atomic E-state index is -3.81. The molecular weight excluding hydrogens is 294 g/mol. The van der Waals surface area contributed by atoms with Crippen LogP contribution in [0.15, 0.2) is 17.2 Å². The molecule has 0 unspecified atom stereocenters. The fourth-order valence-electron chi connectivity index (χ4n) is 1.57. The van der Waals surface area contributed by atoms with Gasteiger partial charge in [-0.25, -0.2) is 18.5 Å². The second kappa shape index (κ2) is 6.02.